The van der Waals surface area contributed by atoms with Crippen LogP contribution in [0.5, 0.6) is 0 Å². The van der Waals surface area contributed by atoms with Crippen molar-refractivity contribution in [1.29, 1.82) is 0 Å². The first kappa shape index (κ1) is 16.4. The molecule has 132 valence electrons. The highest BCUT2D eigenvalue weighted by Crippen LogP contribution is 2.65. The van der Waals surface area contributed by atoms with E-state index < -0.39 is 0 Å². The Morgan fingerprint density at radius 1 is 1.00 bits per heavy atom. The highest BCUT2D eigenvalue weighted by molar-refractivity contribution is 5.09. The Balaban J connectivity index is 1.60. The molecule has 1 heterocycles. The van der Waals surface area contributed by atoms with Crippen LogP contribution >= 0.6 is 0 Å². The Morgan fingerprint density at radius 2 is 1.70 bits per heavy atom. The third-order valence-electron chi connectivity index (χ3n) is 8.67. The topological polar surface area (TPSA) is 49.7 Å². The largest absolute Gasteiger partial charge is 0.393 e. The van der Waals surface area contributed by atoms with Crippen LogP contribution in [0.2, 0.25) is 0 Å². The van der Waals surface area contributed by atoms with E-state index >= 15 is 0 Å². The molecule has 0 aromatic rings. The van der Waals surface area contributed by atoms with Crippen molar-refractivity contribution in [2.45, 2.75) is 84.0 Å². The second-order valence-electron chi connectivity index (χ2n) is 9.60. The number of aliphatic hydroxyl groups excluding tert-OH is 2. The molecule has 4 fully saturated rings. The van der Waals surface area contributed by atoms with Crippen molar-refractivity contribution < 1.29 is 14.9 Å². The van der Waals surface area contributed by atoms with Crippen molar-refractivity contribution >= 4 is 0 Å². The van der Waals surface area contributed by atoms with E-state index in [1.54, 1.807) is 0 Å². The van der Waals surface area contributed by atoms with E-state index in [-0.39, 0.29) is 23.7 Å². The van der Waals surface area contributed by atoms with E-state index in [1.165, 1.54) is 25.7 Å². The molecule has 1 saturated heterocycles. The number of aliphatic hydroxyl groups is 2. The van der Waals surface area contributed by atoms with Crippen LogP contribution in [0, 0.1) is 34.5 Å². The second-order valence-corrected chi connectivity index (χ2v) is 9.60. The molecule has 9 atom stereocenters. The zero-order valence-corrected chi connectivity index (χ0v) is 15.0. The SMILES string of the molecule is CC(O)[C@H]1CC[C@H]2[C@@H]3CO[C@H]4C[C@@H](O)CC[C@]4(C)[C@H]3CC[C@]12C. The number of rotatable bonds is 1. The third kappa shape index (κ3) is 2.26. The van der Waals surface area contributed by atoms with Crippen molar-refractivity contribution in [3.05, 3.63) is 0 Å². The van der Waals surface area contributed by atoms with Crippen molar-refractivity contribution in [2.24, 2.45) is 34.5 Å². The minimum Gasteiger partial charge on any atom is -0.393 e. The standard InChI is InChI=1S/C20H34O3/c1-12(21)15-4-5-16-14-11-23-18-10-13(22)6-8-20(18,3)17(14)7-9-19(15,16)2/h12-18,21-22H,4-11H2,1-3H3/t12?,13-,14-,15+,16-,17-,18-,19+,20+/m0/s1. The summed E-state index contributed by atoms with van der Waals surface area (Å²) in [5, 5.41) is 20.3. The predicted octanol–water partition coefficient (Wildman–Crippen LogP) is 3.38. The Kier molecular flexibility index (Phi) is 3.87. The Hall–Kier alpha value is -0.120. The van der Waals surface area contributed by atoms with E-state index in [1.807, 2.05) is 6.92 Å². The van der Waals surface area contributed by atoms with Gasteiger partial charge in [-0.1, -0.05) is 13.8 Å². The zero-order chi connectivity index (χ0) is 16.4. The molecule has 3 heteroatoms. The molecule has 3 nitrogen and oxygen atoms in total. The van der Waals surface area contributed by atoms with Crippen molar-refractivity contribution in [1.82, 2.24) is 0 Å². The van der Waals surface area contributed by atoms with Crippen LogP contribution in [0.15, 0.2) is 0 Å². The molecule has 1 unspecified atom stereocenters. The minimum atomic E-state index is -0.181. The number of fused-ring (bicyclic) bond motifs is 5. The zero-order valence-electron chi connectivity index (χ0n) is 15.0. The van der Waals surface area contributed by atoms with Gasteiger partial charge in [0.1, 0.15) is 0 Å². The summed E-state index contributed by atoms with van der Waals surface area (Å²) in [5.74, 6) is 2.59. The van der Waals surface area contributed by atoms with Gasteiger partial charge in [0.15, 0.2) is 0 Å². The van der Waals surface area contributed by atoms with E-state index in [9.17, 15) is 10.2 Å². The fourth-order valence-electron chi connectivity index (χ4n) is 7.35. The van der Waals surface area contributed by atoms with Gasteiger partial charge in [-0.15, -0.1) is 0 Å². The highest BCUT2D eigenvalue weighted by atomic mass is 16.5. The van der Waals surface area contributed by atoms with Crippen molar-refractivity contribution in [3.63, 3.8) is 0 Å². The molecule has 4 aliphatic rings. The predicted molar refractivity (Wildman–Crippen MR) is 89.9 cm³/mol. The van der Waals surface area contributed by atoms with Crippen molar-refractivity contribution in [3.8, 4) is 0 Å². The van der Waals surface area contributed by atoms with Crippen LogP contribution in [0.25, 0.3) is 0 Å². The summed E-state index contributed by atoms with van der Waals surface area (Å²) in [4.78, 5) is 0. The van der Waals surface area contributed by atoms with Crippen LogP contribution < -0.4 is 0 Å². The van der Waals surface area contributed by atoms with E-state index in [0.29, 0.717) is 23.2 Å². The molecule has 0 radical (unpaired) electrons. The molecule has 0 bridgehead atoms. The minimum absolute atomic E-state index is 0.162. The summed E-state index contributed by atoms with van der Waals surface area (Å²) >= 11 is 0. The van der Waals surface area contributed by atoms with Crippen LogP contribution in [-0.2, 0) is 4.74 Å². The van der Waals surface area contributed by atoms with Crippen LogP contribution in [0.1, 0.15) is 65.7 Å². The average Bonchev–Trinajstić information content (AvgIpc) is 2.85. The van der Waals surface area contributed by atoms with Gasteiger partial charge in [0, 0.05) is 6.42 Å². The smallest absolute Gasteiger partial charge is 0.0656 e. The molecule has 0 aromatic heterocycles. The molecule has 3 saturated carbocycles. The van der Waals surface area contributed by atoms with Gasteiger partial charge in [0.05, 0.1) is 24.9 Å². The first-order chi connectivity index (χ1) is 10.9. The van der Waals surface area contributed by atoms with Crippen LogP contribution in [0.4, 0.5) is 0 Å². The molecule has 3 aliphatic carbocycles. The van der Waals surface area contributed by atoms with Gasteiger partial charge in [-0.2, -0.15) is 0 Å². The lowest BCUT2D eigenvalue weighted by atomic mass is 9.49. The van der Waals surface area contributed by atoms with Gasteiger partial charge in [0.25, 0.3) is 0 Å². The molecule has 23 heavy (non-hydrogen) atoms. The third-order valence-corrected chi connectivity index (χ3v) is 8.67. The maximum Gasteiger partial charge on any atom is 0.0656 e. The Bertz CT molecular complexity index is 464. The fourth-order valence-corrected chi connectivity index (χ4v) is 7.35. The Morgan fingerprint density at radius 3 is 2.43 bits per heavy atom. The quantitative estimate of drug-likeness (QED) is 0.778. The summed E-state index contributed by atoms with van der Waals surface area (Å²) in [7, 11) is 0. The lowest BCUT2D eigenvalue weighted by molar-refractivity contribution is -0.212. The summed E-state index contributed by atoms with van der Waals surface area (Å²) in [6.45, 7) is 7.74. The summed E-state index contributed by atoms with van der Waals surface area (Å²) < 4.78 is 6.35. The second kappa shape index (κ2) is 5.44. The summed E-state index contributed by atoms with van der Waals surface area (Å²) in [5.41, 5.74) is 0.558. The molecule has 0 amide bonds. The molecular weight excluding hydrogens is 288 g/mol. The van der Waals surface area contributed by atoms with Crippen molar-refractivity contribution in [2.75, 3.05) is 6.61 Å². The molecule has 2 N–H and O–H groups in total. The van der Waals surface area contributed by atoms with Gasteiger partial charge in [-0.3, -0.25) is 0 Å². The van der Waals surface area contributed by atoms with Gasteiger partial charge in [0.2, 0.25) is 0 Å². The normalized spacial score (nSPS) is 57.3. The van der Waals surface area contributed by atoms with Gasteiger partial charge in [-0.05, 0) is 80.0 Å². The molecule has 4 rings (SSSR count). The van der Waals surface area contributed by atoms with Gasteiger partial charge in [-0.25, -0.2) is 0 Å². The number of ether oxygens (including phenoxy) is 1. The molecule has 1 aliphatic heterocycles. The first-order valence-electron chi connectivity index (χ1n) is 9.84. The molecular formula is C20H34O3. The lowest BCUT2D eigenvalue weighted by Crippen LogP contribution is -2.58. The van der Waals surface area contributed by atoms with Crippen LogP contribution in [-0.4, -0.2) is 35.1 Å². The first-order valence-corrected chi connectivity index (χ1v) is 9.84. The van der Waals surface area contributed by atoms with E-state index in [2.05, 4.69) is 13.8 Å². The number of hydrogen-bond acceptors (Lipinski definition) is 3. The maximum atomic E-state index is 10.3. The molecule has 0 spiro atoms. The summed E-state index contributed by atoms with van der Waals surface area (Å²) in [6.07, 6.45) is 7.79. The summed E-state index contributed by atoms with van der Waals surface area (Å²) in [6, 6.07) is 0. The number of hydrogen-bond donors (Lipinski definition) is 2. The lowest BCUT2D eigenvalue weighted by Gasteiger charge is -2.60. The monoisotopic (exact) mass is 322 g/mol. The van der Waals surface area contributed by atoms with Crippen LogP contribution in [0.3, 0.4) is 0 Å². The Labute approximate surface area is 140 Å². The van der Waals surface area contributed by atoms with E-state index in [0.717, 1.165) is 31.8 Å². The average molecular weight is 322 g/mol. The highest BCUT2D eigenvalue weighted by Gasteiger charge is 2.61. The fraction of sp³-hybridized carbons (Fsp3) is 1.00. The molecule has 0 aromatic carbocycles. The van der Waals surface area contributed by atoms with Gasteiger partial charge >= 0.3 is 0 Å². The maximum absolute atomic E-state index is 10.3. The van der Waals surface area contributed by atoms with Gasteiger partial charge < -0.3 is 14.9 Å². The van der Waals surface area contributed by atoms with E-state index in [4.69, 9.17) is 4.74 Å².